The molecule has 0 bridgehead atoms. The highest BCUT2D eigenvalue weighted by Gasteiger charge is 2.07. The number of benzene rings is 2. The van der Waals surface area contributed by atoms with Crippen LogP contribution >= 0.6 is 0 Å². The number of amides is 1. The van der Waals surface area contributed by atoms with E-state index in [2.05, 4.69) is 5.32 Å². The van der Waals surface area contributed by atoms with E-state index in [9.17, 15) is 13.2 Å². The van der Waals surface area contributed by atoms with E-state index in [0.29, 0.717) is 23.8 Å². The van der Waals surface area contributed by atoms with Crippen molar-refractivity contribution in [3.8, 4) is 11.5 Å². The van der Waals surface area contributed by atoms with Gasteiger partial charge >= 0.3 is 0 Å². The van der Waals surface area contributed by atoms with Gasteiger partial charge in [-0.15, -0.1) is 0 Å². The number of hydrogen-bond donors (Lipinski definition) is 2. The molecule has 0 atom stereocenters. The van der Waals surface area contributed by atoms with Gasteiger partial charge in [-0.25, -0.2) is 13.6 Å². The number of carbonyl (C=O) groups excluding carboxylic acids is 1. The van der Waals surface area contributed by atoms with Gasteiger partial charge in [0.2, 0.25) is 15.9 Å². The van der Waals surface area contributed by atoms with Gasteiger partial charge in [0, 0.05) is 11.8 Å². The van der Waals surface area contributed by atoms with E-state index in [1.807, 2.05) is 6.92 Å². The predicted molar refractivity (Wildman–Crippen MR) is 99.6 cm³/mol. The van der Waals surface area contributed by atoms with E-state index in [1.165, 1.54) is 30.3 Å². The zero-order valence-corrected chi connectivity index (χ0v) is 15.2. The molecule has 0 aliphatic heterocycles. The van der Waals surface area contributed by atoms with E-state index < -0.39 is 10.0 Å². The number of hydrogen-bond acceptors (Lipinski definition) is 5. The lowest BCUT2D eigenvalue weighted by Gasteiger charge is -2.09. The monoisotopic (exact) mass is 376 g/mol. The minimum Gasteiger partial charge on any atom is -0.493 e. The summed E-state index contributed by atoms with van der Waals surface area (Å²) in [7, 11) is -2.20. The standard InChI is InChI=1S/C18H20N2O5S/c1-3-25-17-12-13(4-10-16(17)24-2)5-11-18(21)20-14-6-8-15(9-7-14)26(19,22)23/h4-12H,3H2,1-2H3,(H,20,21)(H2,19,22,23)/b11-5+. The maximum Gasteiger partial charge on any atom is 0.248 e. The average Bonchev–Trinajstić information content (AvgIpc) is 2.60. The molecule has 26 heavy (non-hydrogen) atoms. The maximum absolute atomic E-state index is 12.0. The molecule has 2 aromatic rings. The zero-order chi connectivity index (χ0) is 19.2. The van der Waals surface area contributed by atoms with Crippen LogP contribution in [0.3, 0.4) is 0 Å². The number of methoxy groups -OCH3 is 1. The highest BCUT2D eigenvalue weighted by atomic mass is 32.2. The van der Waals surface area contributed by atoms with Crippen LogP contribution in [0.5, 0.6) is 11.5 Å². The van der Waals surface area contributed by atoms with Crippen molar-refractivity contribution in [3.63, 3.8) is 0 Å². The van der Waals surface area contributed by atoms with E-state index in [4.69, 9.17) is 14.6 Å². The number of anilines is 1. The summed E-state index contributed by atoms with van der Waals surface area (Å²) in [6.07, 6.45) is 3.00. The molecule has 0 saturated heterocycles. The largest absolute Gasteiger partial charge is 0.493 e. The molecule has 3 N–H and O–H groups in total. The highest BCUT2D eigenvalue weighted by molar-refractivity contribution is 7.89. The van der Waals surface area contributed by atoms with Crippen molar-refractivity contribution in [2.45, 2.75) is 11.8 Å². The minimum absolute atomic E-state index is 0.0206. The fourth-order valence-corrected chi connectivity index (χ4v) is 2.66. The Balaban J connectivity index is 2.06. The van der Waals surface area contributed by atoms with Crippen molar-refractivity contribution in [2.24, 2.45) is 5.14 Å². The van der Waals surface area contributed by atoms with Gasteiger partial charge < -0.3 is 14.8 Å². The molecule has 1 amide bonds. The summed E-state index contributed by atoms with van der Waals surface area (Å²) in [6, 6.07) is 10.9. The van der Waals surface area contributed by atoms with Gasteiger partial charge in [0.15, 0.2) is 11.5 Å². The maximum atomic E-state index is 12.0. The van der Waals surface area contributed by atoms with Crippen molar-refractivity contribution >= 4 is 27.7 Å². The number of nitrogens with two attached hydrogens (primary N) is 1. The number of ether oxygens (including phenoxy) is 2. The topological polar surface area (TPSA) is 108 Å². The normalized spacial score (nSPS) is 11.3. The Bertz CT molecular complexity index is 906. The summed E-state index contributed by atoms with van der Waals surface area (Å²) in [6.45, 7) is 2.37. The van der Waals surface area contributed by atoms with E-state index >= 15 is 0 Å². The summed E-state index contributed by atoms with van der Waals surface area (Å²) >= 11 is 0. The lowest BCUT2D eigenvalue weighted by Crippen LogP contribution is -2.12. The third-order valence-corrected chi connectivity index (χ3v) is 4.29. The Kier molecular flexibility index (Phi) is 6.37. The Morgan fingerprint density at radius 3 is 2.42 bits per heavy atom. The van der Waals surface area contributed by atoms with E-state index in [-0.39, 0.29) is 10.8 Å². The Hall–Kier alpha value is -2.84. The molecule has 0 saturated carbocycles. The fourth-order valence-electron chi connectivity index (χ4n) is 2.15. The molecular weight excluding hydrogens is 356 g/mol. The van der Waals surface area contributed by atoms with Crippen LogP contribution in [0.25, 0.3) is 6.08 Å². The van der Waals surface area contributed by atoms with Gasteiger partial charge in [0.1, 0.15) is 0 Å². The van der Waals surface area contributed by atoms with Crippen LogP contribution in [0.15, 0.2) is 53.4 Å². The van der Waals surface area contributed by atoms with Gasteiger partial charge in [0.05, 0.1) is 18.6 Å². The first kappa shape index (κ1) is 19.5. The van der Waals surface area contributed by atoms with Crippen molar-refractivity contribution < 1.29 is 22.7 Å². The number of nitrogens with one attached hydrogen (secondary N) is 1. The first-order valence-electron chi connectivity index (χ1n) is 7.76. The summed E-state index contributed by atoms with van der Waals surface area (Å²) in [5.41, 5.74) is 1.23. The summed E-state index contributed by atoms with van der Waals surface area (Å²) in [4.78, 5) is 12.0. The molecule has 0 aliphatic rings. The lowest BCUT2D eigenvalue weighted by molar-refractivity contribution is -0.111. The molecule has 0 aliphatic carbocycles. The molecular formula is C18H20N2O5S. The Morgan fingerprint density at radius 1 is 1.15 bits per heavy atom. The third kappa shape index (κ3) is 5.33. The quantitative estimate of drug-likeness (QED) is 0.722. The third-order valence-electron chi connectivity index (χ3n) is 3.37. The second-order valence-electron chi connectivity index (χ2n) is 5.24. The molecule has 0 aromatic heterocycles. The number of carbonyl (C=O) groups is 1. The number of sulfonamides is 1. The smallest absolute Gasteiger partial charge is 0.248 e. The average molecular weight is 376 g/mol. The van der Waals surface area contributed by atoms with Crippen LogP contribution in [-0.2, 0) is 14.8 Å². The first-order chi connectivity index (χ1) is 12.3. The summed E-state index contributed by atoms with van der Waals surface area (Å²) in [5.74, 6) is 0.849. The number of primary sulfonamides is 1. The minimum atomic E-state index is -3.76. The van der Waals surface area contributed by atoms with E-state index in [1.54, 1.807) is 31.4 Å². The highest BCUT2D eigenvalue weighted by Crippen LogP contribution is 2.28. The fraction of sp³-hybridized carbons (Fsp3) is 0.167. The molecule has 138 valence electrons. The van der Waals surface area contributed by atoms with Crippen LogP contribution in [0.2, 0.25) is 0 Å². The second-order valence-corrected chi connectivity index (χ2v) is 6.80. The zero-order valence-electron chi connectivity index (χ0n) is 14.4. The van der Waals surface area contributed by atoms with Crippen LogP contribution in [0, 0.1) is 0 Å². The van der Waals surface area contributed by atoms with Crippen molar-refractivity contribution in [2.75, 3.05) is 19.0 Å². The first-order valence-corrected chi connectivity index (χ1v) is 9.31. The lowest BCUT2D eigenvalue weighted by atomic mass is 10.2. The van der Waals surface area contributed by atoms with Crippen molar-refractivity contribution in [3.05, 3.63) is 54.1 Å². The Morgan fingerprint density at radius 2 is 1.85 bits per heavy atom. The van der Waals surface area contributed by atoms with Gasteiger partial charge in [0.25, 0.3) is 0 Å². The van der Waals surface area contributed by atoms with Crippen molar-refractivity contribution in [1.82, 2.24) is 0 Å². The van der Waals surface area contributed by atoms with Gasteiger partial charge in [-0.2, -0.15) is 0 Å². The molecule has 2 rings (SSSR count). The van der Waals surface area contributed by atoms with Crippen molar-refractivity contribution in [1.29, 1.82) is 0 Å². The SMILES string of the molecule is CCOc1cc(/C=C/C(=O)Nc2ccc(S(N)(=O)=O)cc2)ccc1OC. The second kappa shape index (κ2) is 8.50. The van der Waals surface area contributed by atoms with Crippen LogP contribution in [0.1, 0.15) is 12.5 Å². The molecule has 0 spiro atoms. The van der Waals surface area contributed by atoms with Crippen LogP contribution in [0.4, 0.5) is 5.69 Å². The molecule has 7 nitrogen and oxygen atoms in total. The Labute approximate surface area is 152 Å². The molecule has 0 heterocycles. The van der Waals surface area contributed by atoms with Crippen LogP contribution in [-0.4, -0.2) is 28.0 Å². The summed E-state index contributed by atoms with van der Waals surface area (Å²) in [5, 5.41) is 7.66. The van der Waals surface area contributed by atoms with E-state index in [0.717, 1.165) is 5.56 Å². The number of rotatable bonds is 7. The predicted octanol–water partition coefficient (Wildman–Crippen LogP) is 2.39. The molecule has 0 unspecified atom stereocenters. The molecule has 0 radical (unpaired) electrons. The van der Waals surface area contributed by atoms with Crippen LogP contribution < -0.4 is 19.9 Å². The molecule has 8 heteroatoms. The molecule has 0 fully saturated rings. The van der Waals surface area contributed by atoms with Gasteiger partial charge in [-0.05, 0) is 55.0 Å². The van der Waals surface area contributed by atoms with Gasteiger partial charge in [-0.1, -0.05) is 6.07 Å². The summed E-state index contributed by atoms with van der Waals surface area (Å²) < 4.78 is 33.1. The molecule has 2 aromatic carbocycles. The van der Waals surface area contributed by atoms with Gasteiger partial charge in [-0.3, -0.25) is 4.79 Å².